The molecule has 0 aliphatic carbocycles. The molecule has 0 bridgehead atoms. The molecule has 1 fully saturated rings. The standard InChI is InChI=1S/C18H26N2O3/c1-13-9-14(2)11-20(10-13)17(21)12-23-18(22)15-5-7-16(8-6-15)19(3)4/h5-8,13-14H,9-12H2,1-4H3/t13-,14+. The van der Waals surface area contributed by atoms with Crippen molar-refractivity contribution in [2.45, 2.75) is 20.3 Å². The van der Waals surface area contributed by atoms with E-state index in [4.69, 9.17) is 4.74 Å². The Kier molecular flexibility index (Phi) is 5.64. The molecule has 1 aliphatic heterocycles. The van der Waals surface area contributed by atoms with Crippen LogP contribution in [0.2, 0.25) is 0 Å². The van der Waals surface area contributed by atoms with Gasteiger partial charge >= 0.3 is 5.97 Å². The Bertz CT molecular complexity index is 544. The quantitative estimate of drug-likeness (QED) is 0.800. The number of esters is 1. The van der Waals surface area contributed by atoms with E-state index in [2.05, 4.69) is 13.8 Å². The maximum absolute atomic E-state index is 12.2. The van der Waals surface area contributed by atoms with Crippen molar-refractivity contribution in [3.63, 3.8) is 0 Å². The van der Waals surface area contributed by atoms with Crippen LogP contribution in [0.3, 0.4) is 0 Å². The number of amides is 1. The molecule has 0 spiro atoms. The van der Waals surface area contributed by atoms with Gasteiger partial charge in [-0.05, 0) is 42.5 Å². The minimum absolute atomic E-state index is 0.110. The van der Waals surface area contributed by atoms with Gasteiger partial charge in [0, 0.05) is 32.9 Å². The molecule has 0 aromatic heterocycles. The molecule has 1 aliphatic rings. The van der Waals surface area contributed by atoms with Crippen LogP contribution >= 0.6 is 0 Å². The summed E-state index contributed by atoms with van der Waals surface area (Å²) >= 11 is 0. The topological polar surface area (TPSA) is 49.9 Å². The molecule has 0 radical (unpaired) electrons. The SMILES string of the molecule is C[C@@H]1C[C@H](C)CN(C(=O)COC(=O)c2ccc(N(C)C)cc2)C1. The van der Waals surface area contributed by atoms with Gasteiger partial charge in [0.25, 0.3) is 5.91 Å². The summed E-state index contributed by atoms with van der Waals surface area (Å²) in [5, 5.41) is 0. The second-order valence-electron chi connectivity index (χ2n) is 6.76. The van der Waals surface area contributed by atoms with Crippen LogP contribution in [0, 0.1) is 11.8 Å². The fourth-order valence-corrected chi connectivity index (χ4v) is 3.06. The van der Waals surface area contributed by atoms with Crippen molar-refractivity contribution in [1.82, 2.24) is 4.90 Å². The molecule has 1 saturated heterocycles. The van der Waals surface area contributed by atoms with Crippen molar-refractivity contribution in [3.05, 3.63) is 29.8 Å². The molecular formula is C18H26N2O3. The highest BCUT2D eigenvalue weighted by Crippen LogP contribution is 2.21. The first kappa shape index (κ1) is 17.3. The van der Waals surface area contributed by atoms with E-state index in [-0.39, 0.29) is 12.5 Å². The Labute approximate surface area is 138 Å². The number of nitrogens with zero attached hydrogens (tertiary/aromatic N) is 2. The molecule has 0 unspecified atom stereocenters. The minimum atomic E-state index is -0.457. The van der Waals surface area contributed by atoms with E-state index in [9.17, 15) is 9.59 Å². The third-order valence-corrected chi connectivity index (χ3v) is 4.17. The Hall–Kier alpha value is -2.04. The van der Waals surface area contributed by atoms with E-state index >= 15 is 0 Å². The third-order valence-electron chi connectivity index (χ3n) is 4.17. The molecule has 1 heterocycles. The van der Waals surface area contributed by atoms with Crippen molar-refractivity contribution >= 4 is 17.6 Å². The first-order chi connectivity index (χ1) is 10.9. The second kappa shape index (κ2) is 7.49. The van der Waals surface area contributed by atoms with Gasteiger partial charge in [-0.1, -0.05) is 13.8 Å². The number of carbonyl (C=O) groups is 2. The van der Waals surface area contributed by atoms with Crippen LogP contribution in [0.1, 0.15) is 30.6 Å². The predicted octanol–water partition coefficient (Wildman–Crippen LogP) is 2.41. The maximum Gasteiger partial charge on any atom is 0.338 e. The van der Waals surface area contributed by atoms with E-state index in [1.165, 1.54) is 0 Å². The number of carbonyl (C=O) groups excluding carboxylic acids is 2. The van der Waals surface area contributed by atoms with Crippen LogP contribution in [0.15, 0.2) is 24.3 Å². The van der Waals surface area contributed by atoms with Crippen LogP contribution in [0.4, 0.5) is 5.69 Å². The first-order valence-electron chi connectivity index (χ1n) is 8.09. The van der Waals surface area contributed by atoms with Gasteiger partial charge in [0.2, 0.25) is 0 Å². The molecular weight excluding hydrogens is 292 g/mol. The number of likely N-dealkylation sites (tertiary alicyclic amines) is 1. The Morgan fingerprint density at radius 1 is 1.13 bits per heavy atom. The predicted molar refractivity (Wildman–Crippen MR) is 90.6 cm³/mol. The van der Waals surface area contributed by atoms with E-state index in [1.807, 2.05) is 31.1 Å². The zero-order valence-corrected chi connectivity index (χ0v) is 14.4. The summed E-state index contributed by atoms with van der Waals surface area (Å²) < 4.78 is 5.17. The number of benzene rings is 1. The average molecular weight is 318 g/mol. The maximum atomic E-state index is 12.2. The van der Waals surface area contributed by atoms with Crippen LogP contribution in [-0.2, 0) is 9.53 Å². The first-order valence-corrected chi connectivity index (χ1v) is 8.09. The number of rotatable bonds is 4. The highest BCUT2D eigenvalue weighted by Gasteiger charge is 2.26. The van der Waals surface area contributed by atoms with Gasteiger partial charge in [-0.3, -0.25) is 4.79 Å². The zero-order chi connectivity index (χ0) is 17.0. The largest absolute Gasteiger partial charge is 0.452 e. The molecule has 0 N–H and O–H groups in total. The van der Waals surface area contributed by atoms with E-state index in [0.717, 1.165) is 25.2 Å². The molecule has 1 aromatic rings. The molecule has 5 heteroatoms. The third kappa shape index (κ3) is 4.71. The lowest BCUT2D eigenvalue weighted by Crippen LogP contribution is -2.44. The highest BCUT2D eigenvalue weighted by atomic mass is 16.5. The Morgan fingerprint density at radius 2 is 1.70 bits per heavy atom. The summed E-state index contributed by atoms with van der Waals surface area (Å²) in [6, 6.07) is 7.14. The summed E-state index contributed by atoms with van der Waals surface area (Å²) in [4.78, 5) is 28.0. The van der Waals surface area contributed by atoms with Crippen LogP contribution in [0.5, 0.6) is 0 Å². The normalized spacial score (nSPS) is 21.0. The summed E-state index contributed by atoms with van der Waals surface area (Å²) in [6.45, 7) is 5.60. The van der Waals surface area contributed by atoms with Crippen LogP contribution in [-0.4, -0.2) is 50.6 Å². The summed E-state index contributed by atoms with van der Waals surface area (Å²) in [6.07, 6.45) is 1.14. The smallest absolute Gasteiger partial charge is 0.338 e. The fraction of sp³-hybridized carbons (Fsp3) is 0.556. The van der Waals surface area contributed by atoms with Crippen molar-refractivity contribution in [3.8, 4) is 0 Å². The Balaban J connectivity index is 1.87. The van der Waals surface area contributed by atoms with Crippen molar-refractivity contribution in [2.75, 3.05) is 38.7 Å². The van der Waals surface area contributed by atoms with Gasteiger partial charge in [0.15, 0.2) is 6.61 Å². The van der Waals surface area contributed by atoms with Crippen molar-refractivity contribution in [2.24, 2.45) is 11.8 Å². The van der Waals surface area contributed by atoms with Gasteiger partial charge in [0.1, 0.15) is 0 Å². The summed E-state index contributed by atoms with van der Waals surface area (Å²) in [7, 11) is 3.87. The molecule has 1 amide bonds. The highest BCUT2D eigenvalue weighted by molar-refractivity contribution is 5.91. The van der Waals surface area contributed by atoms with Crippen molar-refractivity contribution < 1.29 is 14.3 Å². The lowest BCUT2D eigenvalue weighted by molar-refractivity contribution is -0.137. The second-order valence-corrected chi connectivity index (χ2v) is 6.76. The molecule has 1 aromatic carbocycles. The molecule has 126 valence electrons. The number of hydrogen-bond donors (Lipinski definition) is 0. The van der Waals surface area contributed by atoms with E-state index in [0.29, 0.717) is 17.4 Å². The lowest BCUT2D eigenvalue weighted by Gasteiger charge is -2.34. The molecule has 23 heavy (non-hydrogen) atoms. The monoisotopic (exact) mass is 318 g/mol. The summed E-state index contributed by atoms with van der Waals surface area (Å²) in [5.74, 6) is 0.428. The van der Waals surface area contributed by atoms with Gasteiger partial charge < -0.3 is 14.5 Å². The molecule has 0 saturated carbocycles. The number of hydrogen-bond acceptors (Lipinski definition) is 4. The van der Waals surface area contributed by atoms with E-state index < -0.39 is 5.97 Å². The summed E-state index contributed by atoms with van der Waals surface area (Å²) in [5.41, 5.74) is 1.47. The molecule has 2 atom stereocenters. The van der Waals surface area contributed by atoms with Crippen LogP contribution < -0.4 is 4.90 Å². The van der Waals surface area contributed by atoms with Gasteiger partial charge in [-0.25, -0.2) is 4.79 Å². The Morgan fingerprint density at radius 3 is 2.22 bits per heavy atom. The van der Waals surface area contributed by atoms with Gasteiger partial charge in [-0.15, -0.1) is 0 Å². The number of anilines is 1. The van der Waals surface area contributed by atoms with E-state index in [1.54, 1.807) is 17.0 Å². The average Bonchev–Trinajstić information content (AvgIpc) is 2.51. The van der Waals surface area contributed by atoms with Gasteiger partial charge in [0.05, 0.1) is 5.56 Å². The van der Waals surface area contributed by atoms with Gasteiger partial charge in [-0.2, -0.15) is 0 Å². The number of piperidine rings is 1. The zero-order valence-electron chi connectivity index (χ0n) is 14.4. The number of ether oxygens (including phenoxy) is 1. The molecule has 2 rings (SSSR count). The minimum Gasteiger partial charge on any atom is -0.452 e. The lowest BCUT2D eigenvalue weighted by atomic mass is 9.92. The molecule has 5 nitrogen and oxygen atoms in total. The fourth-order valence-electron chi connectivity index (χ4n) is 3.06. The van der Waals surface area contributed by atoms with Crippen LogP contribution in [0.25, 0.3) is 0 Å². The van der Waals surface area contributed by atoms with Crippen molar-refractivity contribution in [1.29, 1.82) is 0 Å².